The van der Waals surface area contributed by atoms with Crippen molar-refractivity contribution in [3.8, 4) is 0 Å². The fourth-order valence-corrected chi connectivity index (χ4v) is 5.69. The lowest BCUT2D eigenvalue weighted by atomic mass is 9.84. The third-order valence-corrected chi connectivity index (χ3v) is 7.60. The highest BCUT2D eigenvalue weighted by Gasteiger charge is 2.24. The van der Waals surface area contributed by atoms with Crippen LogP contribution < -0.4 is 0 Å². The summed E-state index contributed by atoms with van der Waals surface area (Å²) in [6, 6.07) is 2.07. The molecule has 170 valence electrons. The van der Waals surface area contributed by atoms with Gasteiger partial charge in [-0.05, 0) is 66.9 Å². The van der Waals surface area contributed by atoms with Crippen molar-refractivity contribution in [1.82, 2.24) is 4.98 Å². The number of aliphatic imine (C=N–C) groups is 1. The van der Waals surface area contributed by atoms with E-state index in [4.69, 9.17) is 4.98 Å². The average molecular weight is 443 g/mol. The van der Waals surface area contributed by atoms with Gasteiger partial charge in [0.15, 0.2) is 9.84 Å². The minimum Gasteiger partial charge on any atom is -0.286 e. The second-order valence-corrected chi connectivity index (χ2v) is 11.1. The predicted molar refractivity (Wildman–Crippen MR) is 134 cm³/mol. The van der Waals surface area contributed by atoms with Gasteiger partial charge in [-0.2, -0.15) is 0 Å². The molecule has 1 aromatic rings. The maximum Gasteiger partial charge on any atom is 0.154 e. The average Bonchev–Trinajstić information content (AvgIpc) is 2.70. The standard InChI is InChI=1S/C26H38N2O2S/c1-8-10-18(3)16-19(4)23(11-9-2)26(27-7)25-21(6)24(17-20(5)28-25)22-12-14-31(29,30)15-13-22/h9,11-12,17-19H,2,8,10,13-16H2,1,3-7H3/b23-11+,27-26?. The van der Waals surface area contributed by atoms with E-state index in [-0.39, 0.29) is 11.5 Å². The maximum atomic E-state index is 11.9. The molecule has 0 aliphatic carbocycles. The van der Waals surface area contributed by atoms with Gasteiger partial charge in [-0.15, -0.1) is 0 Å². The maximum absolute atomic E-state index is 11.9. The number of sulfone groups is 1. The zero-order chi connectivity index (χ0) is 23.2. The van der Waals surface area contributed by atoms with E-state index in [1.807, 2.05) is 26.1 Å². The molecule has 1 aliphatic rings. The first-order valence-electron chi connectivity index (χ1n) is 11.3. The van der Waals surface area contributed by atoms with Crippen LogP contribution in [0, 0.1) is 25.7 Å². The lowest BCUT2D eigenvalue weighted by molar-refractivity contribution is 0.429. The quantitative estimate of drug-likeness (QED) is 0.354. The van der Waals surface area contributed by atoms with Gasteiger partial charge < -0.3 is 0 Å². The summed E-state index contributed by atoms with van der Waals surface area (Å²) in [5.74, 6) is 1.30. The summed E-state index contributed by atoms with van der Waals surface area (Å²) >= 11 is 0. The zero-order valence-electron chi connectivity index (χ0n) is 20.0. The Labute approximate surface area is 189 Å². The molecule has 2 rings (SSSR count). The van der Waals surface area contributed by atoms with Gasteiger partial charge in [0.1, 0.15) is 0 Å². The Kier molecular flexibility index (Phi) is 8.99. The molecule has 0 N–H and O–H groups in total. The topological polar surface area (TPSA) is 59.4 Å². The first kappa shape index (κ1) is 25.3. The first-order valence-corrected chi connectivity index (χ1v) is 13.1. The van der Waals surface area contributed by atoms with E-state index < -0.39 is 9.84 Å². The van der Waals surface area contributed by atoms with Gasteiger partial charge in [0.2, 0.25) is 0 Å². The minimum absolute atomic E-state index is 0.112. The molecule has 2 atom stereocenters. The molecule has 0 bridgehead atoms. The molecule has 0 spiro atoms. The molecule has 2 heterocycles. The van der Waals surface area contributed by atoms with Crippen LogP contribution in [0.3, 0.4) is 0 Å². The fourth-order valence-electron chi connectivity index (χ4n) is 4.54. The van der Waals surface area contributed by atoms with Gasteiger partial charge >= 0.3 is 0 Å². The summed E-state index contributed by atoms with van der Waals surface area (Å²) in [7, 11) is -1.14. The minimum atomic E-state index is -2.96. The Balaban J connectivity index is 2.51. The first-order chi connectivity index (χ1) is 14.6. The van der Waals surface area contributed by atoms with Crippen LogP contribution in [0.2, 0.25) is 0 Å². The number of aromatic nitrogens is 1. The van der Waals surface area contributed by atoms with Crippen LogP contribution in [0.25, 0.3) is 5.57 Å². The van der Waals surface area contributed by atoms with E-state index in [0.29, 0.717) is 18.3 Å². The summed E-state index contributed by atoms with van der Waals surface area (Å²) in [6.07, 6.45) is 9.81. The monoisotopic (exact) mass is 442 g/mol. The van der Waals surface area contributed by atoms with Gasteiger partial charge in [0.25, 0.3) is 0 Å². The molecule has 2 unspecified atom stereocenters. The zero-order valence-corrected chi connectivity index (χ0v) is 20.8. The van der Waals surface area contributed by atoms with Gasteiger partial charge in [-0.25, -0.2) is 8.42 Å². The number of nitrogens with zero attached hydrogens (tertiary/aromatic N) is 2. The Morgan fingerprint density at radius 1 is 1.32 bits per heavy atom. The molecule has 0 radical (unpaired) electrons. The number of hydrogen-bond donors (Lipinski definition) is 0. The van der Waals surface area contributed by atoms with Crippen LogP contribution in [0.15, 0.2) is 41.4 Å². The van der Waals surface area contributed by atoms with Crippen molar-refractivity contribution >= 4 is 21.1 Å². The molecular weight excluding hydrogens is 404 g/mol. The van der Waals surface area contributed by atoms with Gasteiger partial charge in [0, 0.05) is 12.7 Å². The van der Waals surface area contributed by atoms with Crippen LogP contribution >= 0.6 is 0 Å². The molecule has 1 aliphatic heterocycles. The Morgan fingerprint density at radius 2 is 2.03 bits per heavy atom. The predicted octanol–water partition coefficient (Wildman–Crippen LogP) is 5.89. The Morgan fingerprint density at radius 3 is 2.58 bits per heavy atom. The number of pyridine rings is 1. The third kappa shape index (κ3) is 6.49. The number of hydrogen-bond acceptors (Lipinski definition) is 4. The van der Waals surface area contributed by atoms with E-state index in [1.54, 1.807) is 0 Å². The van der Waals surface area contributed by atoms with Crippen molar-refractivity contribution in [3.63, 3.8) is 0 Å². The number of allylic oxidation sites excluding steroid dienone is 4. The van der Waals surface area contributed by atoms with E-state index in [9.17, 15) is 8.42 Å². The van der Waals surface area contributed by atoms with Crippen molar-refractivity contribution in [1.29, 1.82) is 0 Å². The Hall–Kier alpha value is -2.01. The van der Waals surface area contributed by atoms with Crippen LogP contribution in [0.1, 0.15) is 69.0 Å². The van der Waals surface area contributed by atoms with E-state index in [2.05, 4.69) is 51.4 Å². The van der Waals surface area contributed by atoms with Crippen LogP contribution in [0.5, 0.6) is 0 Å². The van der Waals surface area contributed by atoms with Crippen LogP contribution in [-0.2, 0) is 9.84 Å². The molecule has 0 saturated carbocycles. The lowest BCUT2D eigenvalue weighted by Gasteiger charge is -2.23. The number of aryl methyl sites for hydroxylation is 1. The molecular formula is C26H38N2O2S. The van der Waals surface area contributed by atoms with Gasteiger partial charge in [0.05, 0.1) is 22.9 Å². The molecule has 0 aromatic carbocycles. The molecule has 31 heavy (non-hydrogen) atoms. The van der Waals surface area contributed by atoms with Crippen molar-refractivity contribution < 1.29 is 8.42 Å². The smallest absolute Gasteiger partial charge is 0.154 e. The highest BCUT2D eigenvalue weighted by Crippen LogP contribution is 2.31. The van der Waals surface area contributed by atoms with E-state index in [1.165, 1.54) is 12.8 Å². The van der Waals surface area contributed by atoms with Crippen molar-refractivity contribution in [2.45, 2.75) is 60.3 Å². The van der Waals surface area contributed by atoms with Gasteiger partial charge in [-0.1, -0.05) is 58.4 Å². The highest BCUT2D eigenvalue weighted by molar-refractivity contribution is 7.91. The number of rotatable bonds is 9. The van der Waals surface area contributed by atoms with E-state index >= 15 is 0 Å². The summed E-state index contributed by atoms with van der Waals surface area (Å²) in [5.41, 5.74) is 7.10. The summed E-state index contributed by atoms with van der Waals surface area (Å²) in [6.45, 7) is 14.8. The van der Waals surface area contributed by atoms with Crippen molar-refractivity contribution in [2.75, 3.05) is 18.6 Å². The molecule has 0 fully saturated rings. The summed E-state index contributed by atoms with van der Waals surface area (Å²) in [4.78, 5) is 9.56. The second kappa shape index (κ2) is 11.0. The summed E-state index contributed by atoms with van der Waals surface area (Å²) < 4.78 is 23.8. The SMILES string of the molecule is C=C/C=C(/C(=NC)c1nc(C)cc(C2=CCS(=O)(=O)CC2)c1C)C(C)CC(C)CCC. The fraction of sp³-hybridized carbons (Fsp3) is 0.538. The molecule has 1 aromatic heterocycles. The van der Waals surface area contributed by atoms with Crippen molar-refractivity contribution in [3.05, 3.63) is 59.0 Å². The van der Waals surface area contributed by atoms with Gasteiger partial charge in [-0.3, -0.25) is 9.98 Å². The summed E-state index contributed by atoms with van der Waals surface area (Å²) in [5, 5.41) is 0. The largest absolute Gasteiger partial charge is 0.286 e. The Bertz CT molecular complexity index is 1000. The van der Waals surface area contributed by atoms with Crippen molar-refractivity contribution in [2.24, 2.45) is 16.8 Å². The normalized spacial score (nSPS) is 19.0. The molecule has 4 nitrogen and oxygen atoms in total. The molecule has 5 heteroatoms. The highest BCUT2D eigenvalue weighted by atomic mass is 32.2. The third-order valence-electron chi connectivity index (χ3n) is 6.10. The second-order valence-electron chi connectivity index (χ2n) is 8.84. The van der Waals surface area contributed by atoms with E-state index in [0.717, 1.165) is 45.8 Å². The molecule has 0 saturated heterocycles. The van der Waals surface area contributed by atoms with Crippen LogP contribution in [0.4, 0.5) is 0 Å². The lowest BCUT2D eigenvalue weighted by Crippen LogP contribution is -2.19. The van der Waals surface area contributed by atoms with Crippen LogP contribution in [-0.4, -0.2) is 37.7 Å². The molecule has 0 amide bonds.